The van der Waals surface area contributed by atoms with E-state index in [0.717, 1.165) is 18.7 Å². The van der Waals surface area contributed by atoms with Crippen molar-refractivity contribution in [1.29, 1.82) is 0 Å². The minimum absolute atomic E-state index is 0.0592. The molecular formula is C14H22N2O2. The zero-order valence-electron chi connectivity index (χ0n) is 11.3. The van der Waals surface area contributed by atoms with Gasteiger partial charge in [0, 0.05) is 13.1 Å². The molecule has 0 radical (unpaired) electrons. The van der Waals surface area contributed by atoms with Crippen molar-refractivity contribution in [3.63, 3.8) is 0 Å². The number of hydrogen-bond donors (Lipinski definition) is 2. The number of amides is 1. The van der Waals surface area contributed by atoms with E-state index >= 15 is 0 Å². The van der Waals surface area contributed by atoms with Crippen molar-refractivity contribution in [2.24, 2.45) is 0 Å². The van der Waals surface area contributed by atoms with Gasteiger partial charge in [-0.2, -0.15) is 0 Å². The van der Waals surface area contributed by atoms with Gasteiger partial charge in [0.15, 0.2) is 6.61 Å². The number of rotatable bonds is 7. The first-order chi connectivity index (χ1) is 8.65. The summed E-state index contributed by atoms with van der Waals surface area (Å²) < 4.78 is 5.34. The first-order valence-corrected chi connectivity index (χ1v) is 6.31. The van der Waals surface area contributed by atoms with E-state index in [-0.39, 0.29) is 12.5 Å². The highest BCUT2D eigenvalue weighted by molar-refractivity contribution is 5.77. The number of carbonyl (C=O) groups is 1. The van der Waals surface area contributed by atoms with Crippen LogP contribution in [0.1, 0.15) is 19.4 Å². The third-order valence-electron chi connectivity index (χ3n) is 2.67. The molecule has 0 spiro atoms. The van der Waals surface area contributed by atoms with Gasteiger partial charge in [-0.15, -0.1) is 0 Å². The Morgan fingerprint density at radius 1 is 1.33 bits per heavy atom. The van der Waals surface area contributed by atoms with Crippen LogP contribution in [0.2, 0.25) is 0 Å². The largest absolute Gasteiger partial charge is 0.484 e. The Balaban J connectivity index is 2.44. The molecule has 0 saturated heterocycles. The minimum atomic E-state index is -0.125. The lowest BCUT2D eigenvalue weighted by Crippen LogP contribution is -2.27. The molecule has 1 rings (SSSR count). The predicted octanol–water partition coefficient (Wildman–Crippen LogP) is 1.35. The molecule has 0 aromatic heterocycles. The maximum Gasteiger partial charge on any atom is 0.257 e. The molecule has 1 aromatic carbocycles. The van der Waals surface area contributed by atoms with E-state index < -0.39 is 0 Å². The number of ether oxygens (including phenoxy) is 1. The van der Waals surface area contributed by atoms with Crippen molar-refractivity contribution in [2.45, 2.75) is 26.3 Å². The smallest absolute Gasteiger partial charge is 0.257 e. The fraction of sp³-hybridized carbons (Fsp3) is 0.500. The van der Waals surface area contributed by atoms with Gasteiger partial charge in [0.1, 0.15) is 5.75 Å². The number of likely N-dealkylation sites (N-methyl/N-ethyl adjacent to an activating group) is 2. The van der Waals surface area contributed by atoms with Crippen LogP contribution in [0, 0.1) is 0 Å². The van der Waals surface area contributed by atoms with E-state index in [1.165, 1.54) is 5.56 Å². The Kier molecular flexibility index (Phi) is 6.22. The van der Waals surface area contributed by atoms with Crippen LogP contribution in [0.15, 0.2) is 24.3 Å². The second-order valence-corrected chi connectivity index (χ2v) is 4.27. The Morgan fingerprint density at radius 2 is 2.00 bits per heavy atom. The van der Waals surface area contributed by atoms with Crippen LogP contribution < -0.4 is 15.4 Å². The lowest BCUT2D eigenvalue weighted by molar-refractivity contribution is -0.122. The van der Waals surface area contributed by atoms with Crippen molar-refractivity contribution in [3.8, 4) is 5.75 Å². The number of carbonyl (C=O) groups excluding carboxylic acids is 1. The second kappa shape index (κ2) is 7.71. The topological polar surface area (TPSA) is 50.4 Å². The van der Waals surface area contributed by atoms with Crippen LogP contribution >= 0.6 is 0 Å². The predicted molar refractivity (Wildman–Crippen MR) is 72.8 cm³/mol. The van der Waals surface area contributed by atoms with E-state index in [9.17, 15) is 4.79 Å². The molecule has 1 atom stereocenters. The van der Waals surface area contributed by atoms with Crippen LogP contribution in [-0.2, 0) is 11.2 Å². The van der Waals surface area contributed by atoms with Gasteiger partial charge in [0.05, 0.1) is 0 Å². The van der Waals surface area contributed by atoms with Crippen LogP contribution in [0.25, 0.3) is 0 Å². The first-order valence-electron chi connectivity index (χ1n) is 6.31. The summed E-state index contributed by atoms with van der Waals surface area (Å²) in [6, 6.07) is 8.33. The molecule has 18 heavy (non-hydrogen) atoms. The van der Waals surface area contributed by atoms with E-state index in [0.29, 0.717) is 6.04 Å². The Bertz CT molecular complexity index is 363. The van der Waals surface area contributed by atoms with Gasteiger partial charge in [0.2, 0.25) is 0 Å². The van der Waals surface area contributed by atoms with Gasteiger partial charge in [0.25, 0.3) is 5.91 Å². The first kappa shape index (κ1) is 14.5. The molecule has 0 fully saturated rings. The lowest BCUT2D eigenvalue weighted by Gasteiger charge is -2.12. The maximum atomic E-state index is 11.0. The molecule has 4 nitrogen and oxygen atoms in total. The van der Waals surface area contributed by atoms with E-state index in [2.05, 4.69) is 24.5 Å². The number of hydrogen-bond acceptors (Lipinski definition) is 3. The summed E-state index contributed by atoms with van der Waals surface area (Å²) in [4.78, 5) is 11.0. The molecule has 0 heterocycles. The van der Waals surface area contributed by atoms with Gasteiger partial charge in [-0.3, -0.25) is 4.79 Å². The van der Waals surface area contributed by atoms with E-state index in [1.807, 2.05) is 24.3 Å². The molecule has 1 aromatic rings. The Morgan fingerprint density at radius 3 is 2.56 bits per heavy atom. The Labute approximate surface area is 109 Å². The molecule has 1 amide bonds. The summed E-state index contributed by atoms with van der Waals surface area (Å²) in [5.41, 5.74) is 1.26. The molecule has 0 bridgehead atoms. The molecule has 100 valence electrons. The average molecular weight is 250 g/mol. The van der Waals surface area contributed by atoms with Gasteiger partial charge in [-0.1, -0.05) is 19.1 Å². The fourth-order valence-corrected chi connectivity index (χ4v) is 1.72. The van der Waals surface area contributed by atoms with Gasteiger partial charge >= 0.3 is 0 Å². The zero-order valence-corrected chi connectivity index (χ0v) is 11.3. The van der Waals surface area contributed by atoms with Crippen LogP contribution in [0.3, 0.4) is 0 Å². The standard InChI is InChI=1S/C14H22N2O2/c1-4-16-11(2)9-12-5-7-13(8-6-12)18-10-14(17)15-3/h5-8,11,16H,4,9-10H2,1-3H3,(H,15,17). The SMILES string of the molecule is CCNC(C)Cc1ccc(OCC(=O)NC)cc1. The van der Waals surface area contributed by atoms with Crippen LogP contribution in [0.5, 0.6) is 5.75 Å². The van der Waals surface area contributed by atoms with Crippen molar-refractivity contribution >= 4 is 5.91 Å². The van der Waals surface area contributed by atoms with Crippen molar-refractivity contribution in [2.75, 3.05) is 20.2 Å². The van der Waals surface area contributed by atoms with Crippen molar-refractivity contribution < 1.29 is 9.53 Å². The van der Waals surface area contributed by atoms with Crippen LogP contribution in [-0.4, -0.2) is 32.1 Å². The van der Waals surface area contributed by atoms with Crippen LogP contribution in [0.4, 0.5) is 0 Å². The average Bonchev–Trinajstić information content (AvgIpc) is 2.37. The van der Waals surface area contributed by atoms with E-state index in [4.69, 9.17) is 4.74 Å². The lowest BCUT2D eigenvalue weighted by atomic mass is 10.1. The molecule has 1 unspecified atom stereocenters. The molecule has 0 saturated carbocycles. The van der Waals surface area contributed by atoms with Crippen molar-refractivity contribution in [1.82, 2.24) is 10.6 Å². The summed E-state index contributed by atoms with van der Waals surface area (Å²) >= 11 is 0. The number of nitrogens with one attached hydrogen (secondary N) is 2. The quantitative estimate of drug-likeness (QED) is 0.768. The normalized spacial score (nSPS) is 11.9. The Hall–Kier alpha value is -1.55. The number of benzene rings is 1. The molecule has 0 aliphatic carbocycles. The highest BCUT2D eigenvalue weighted by Gasteiger charge is 2.03. The summed E-state index contributed by atoms with van der Waals surface area (Å²) in [6.45, 7) is 5.31. The maximum absolute atomic E-state index is 11.0. The summed E-state index contributed by atoms with van der Waals surface area (Å²) in [5.74, 6) is 0.596. The summed E-state index contributed by atoms with van der Waals surface area (Å²) in [5, 5.41) is 5.89. The minimum Gasteiger partial charge on any atom is -0.484 e. The monoisotopic (exact) mass is 250 g/mol. The van der Waals surface area contributed by atoms with Gasteiger partial charge < -0.3 is 15.4 Å². The summed E-state index contributed by atoms with van der Waals surface area (Å²) in [7, 11) is 1.59. The van der Waals surface area contributed by atoms with E-state index in [1.54, 1.807) is 7.05 Å². The third-order valence-corrected chi connectivity index (χ3v) is 2.67. The molecule has 0 aliphatic heterocycles. The highest BCUT2D eigenvalue weighted by Crippen LogP contribution is 2.13. The van der Waals surface area contributed by atoms with Gasteiger partial charge in [-0.25, -0.2) is 0 Å². The third kappa shape index (κ3) is 5.19. The second-order valence-electron chi connectivity index (χ2n) is 4.27. The molecular weight excluding hydrogens is 228 g/mol. The zero-order chi connectivity index (χ0) is 13.4. The highest BCUT2D eigenvalue weighted by atomic mass is 16.5. The molecule has 2 N–H and O–H groups in total. The summed E-state index contributed by atoms with van der Waals surface area (Å²) in [6.07, 6.45) is 0.990. The van der Waals surface area contributed by atoms with Gasteiger partial charge in [-0.05, 0) is 37.6 Å². The molecule has 4 heteroatoms. The fourth-order valence-electron chi connectivity index (χ4n) is 1.72. The molecule has 0 aliphatic rings. The van der Waals surface area contributed by atoms with Crippen molar-refractivity contribution in [3.05, 3.63) is 29.8 Å².